The fraction of sp³-hybridized carbons (Fsp3) is 0.367. The Bertz CT molecular complexity index is 1410. The first-order chi connectivity index (χ1) is 20.3. The number of ether oxygens (including phenoxy) is 1. The summed E-state index contributed by atoms with van der Waals surface area (Å²) in [5.41, 5.74) is -0.643. The summed E-state index contributed by atoms with van der Waals surface area (Å²) in [6.07, 6.45) is -3.24. The van der Waals surface area contributed by atoms with Gasteiger partial charge in [0.25, 0.3) is 5.91 Å². The first-order valence-electron chi connectivity index (χ1n) is 13.7. The summed E-state index contributed by atoms with van der Waals surface area (Å²) in [7, 11) is 3.26. The van der Waals surface area contributed by atoms with E-state index in [-0.39, 0.29) is 41.4 Å². The lowest BCUT2D eigenvalue weighted by atomic mass is 9.73. The molecule has 230 valence electrons. The highest BCUT2D eigenvalue weighted by Gasteiger charge is 2.41. The van der Waals surface area contributed by atoms with Gasteiger partial charge in [-0.25, -0.2) is 4.79 Å². The van der Waals surface area contributed by atoms with Crippen molar-refractivity contribution in [1.82, 2.24) is 10.3 Å². The molecule has 3 aromatic rings. The van der Waals surface area contributed by atoms with E-state index in [1.165, 1.54) is 50.4 Å². The van der Waals surface area contributed by atoms with Crippen LogP contribution in [0.25, 0.3) is 0 Å². The maximum atomic E-state index is 14.0. The Balaban J connectivity index is 0.00000248. The summed E-state index contributed by atoms with van der Waals surface area (Å²) in [4.78, 5) is 31.4. The summed E-state index contributed by atoms with van der Waals surface area (Å²) < 4.78 is 59.1. The fourth-order valence-electron chi connectivity index (χ4n) is 4.12. The van der Waals surface area contributed by atoms with E-state index in [4.69, 9.17) is 14.0 Å². The molecular formula is C30H36BF3N4O5. The number of nitrogens with zero attached hydrogens (tertiary/aromatic N) is 3. The number of benzene rings is 2. The van der Waals surface area contributed by atoms with E-state index in [0.29, 0.717) is 17.2 Å². The topological polar surface area (TPSA) is 93.2 Å². The van der Waals surface area contributed by atoms with Crippen molar-refractivity contribution in [1.29, 1.82) is 0 Å². The number of aromatic nitrogens is 1. The Morgan fingerprint density at radius 1 is 0.930 bits per heavy atom. The minimum Gasteiger partial charge on any atom is -0.457 e. The molecular weight excluding hydrogens is 564 g/mol. The number of anilines is 2. The number of halogens is 3. The number of hydrogen-bond donors (Lipinski definition) is 1. The molecule has 1 fully saturated rings. The molecule has 0 spiro atoms. The van der Waals surface area contributed by atoms with Crippen molar-refractivity contribution in [2.45, 2.75) is 33.9 Å². The van der Waals surface area contributed by atoms with E-state index in [0.717, 1.165) is 11.0 Å². The summed E-state index contributed by atoms with van der Waals surface area (Å²) in [6, 6.07) is 12.7. The molecule has 1 saturated heterocycles. The van der Waals surface area contributed by atoms with Crippen LogP contribution in [0.15, 0.2) is 60.8 Å². The lowest BCUT2D eigenvalue weighted by Gasteiger charge is -2.34. The van der Waals surface area contributed by atoms with Gasteiger partial charge in [-0.05, 0) is 47.9 Å². The molecule has 0 radical (unpaired) electrons. The van der Waals surface area contributed by atoms with Gasteiger partial charge in [-0.3, -0.25) is 19.6 Å². The van der Waals surface area contributed by atoms with Crippen LogP contribution >= 0.6 is 0 Å². The molecule has 13 heteroatoms. The van der Waals surface area contributed by atoms with Crippen LogP contribution in [-0.2, 0) is 15.5 Å². The van der Waals surface area contributed by atoms with Gasteiger partial charge in [-0.1, -0.05) is 33.8 Å². The number of amides is 3. The second-order valence-corrected chi connectivity index (χ2v) is 10.3. The minimum absolute atomic E-state index is 0.0543. The van der Waals surface area contributed by atoms with Crippen molar-refractivity contribution in [3.05, 3.63) is 72.1 Å². The van der Waals surface area contributed by atoms with Gasteiger partial charge in [0.1, 0.15) is 17.2 Å². The summed E-state index contributed by atoms with van der Waals surface area (Å²) in [5.74, 6) is 0.483. The van der Waals surface area contributed by atoms with Crippen LogP contribution in [-0.4, -0.2) is 58.4 Å². The van der Waals surface area contributed by atoms with Crippen LogP contribution in [0.5, 0.6) is 11.5 Å². The third kappa shape index (κ3) is 8.26. The largest absolute Gasteiger partial charge is 0.494 e. The van der Waals surface area contributed by atoms with Crippen LogP contribution in [0.1, 0.15) is 43.7 Å². The Hall–Kier alpha value is -4.10. The molecule has 1 aromatic heterocycles. The maximum Gasteiger partial charge on any atom is 0.494 e. The van der Waals surface area contributed by atoms with E-state index >= 15 is 0 Å². The van der Waals surface area contributed by atoms with Crippen molar-refractivity contribution >= 4 is 35.9 Å². The lowest BCUT2D eigenvalue weighted by Crippen LogP contribution is -2.49. The molecule has 9 nitrogen and oxygen atoms in total. The Morgan fingerprint density at radius 3 is 2.09 bits per heavy atom. The highest BCUT2D eigenvalue weighted by atomic mass is 19.4. The van der Waals surface area contributed by atoms with E-state index in [1.54, 1.807) is 30.3 Å². The van der Waals surface area contributed by atoms with Gasteiger partial charge in [-0.2, -0.15) is 13.2 Å². The molecule has 0 saturated carbocycles. The van der Waals surface area contributed by atoms with E-state index in [2.05, 4.69) is 10.3 Å². The zero-order valence-electron chi connectivity index (χ0n) is 25.3. The van der Waals surface area contributed by atoms with Crippen molar-refractivity contribution < 1.29 is 36.8 Å². The van der Waals surface area contributed by atoms with Gasteiger partial charge in [0.2, 0.25) is 0 Å². The highest BCUT2D eigenvalue weighted by Crippen LogP contribution is 2.33. The fourth-order valence-corrected chi connectivity index (χ4v) is 4.12. The second-order valence-electron chi connectivity index (χ2n) is 10.3. The maximum absolute atomic E-state index is 14.0. The SMILES string of the molecule is CC.CNC(=O)c1cc(Oc2ccc(N(C)C(=O)N(C)c3ccc(B4OCC(C)(C)CO4)c(C(F)(F)F)c3)cc2)ccn1. The van der Waals surface area contributed by atoms with Crippen molar-refractivity contribution in [2.24, 2.45) is 5.41 Å². The lowest BCUT2D eigenvalue weighted by molar-refractivity contribution is -0.137. The summed E-state index contributed by atoms with van der Waals surface area (Å²) in [6.45, 7) is 8.31. The monoisotopic (exact) mass is 600 g/mol. The molecule has 0 unspecified atom stereocenters. The van der Waals surface area contributed by atoms with Crippen molar-refractivity contribution in [2.75, 3.05) is 44.2 Å². The second kappa shape index (κ2) is 13.9. The zero-order valence-corrected chi connectivity index (χ0v) is 25.3. The number of carbonyl (C=O) groups excluding carboxylic acids is 2. The molecule has 2 aromatic carbocycles. The molecule has 1 aliphatic heterocycles. The predicted molar refractivity (Wildman–Crippen MR) is 160 cm³/mol. The van der Waals surface area contributed by atoms with Crippen LogP contribution < -0.4 is 25.3 Å². The first-order valence-corrected chi connectivity index (χ1v) is 13.7. The van der Waals surface area contributed by atoms with Crippen LogP contribution in [0, 0.1) is 5.41 Å². The van der Waals surface area contributed by atoms with Gasteiger partial charge in [0.05, 0.1) is 5.56 Å². The first kappa shape index (κ1) is 33.4. The van der Waals surface area contributed by atoms with Gasteiger partial charge in [0, 0.05) is 63.4 Å². The van der Waals surface area contributed by atoms with Crippen LogP contribution in [0.2, 0.25) is 0 Å². The predicted octanol–water partition coefficient (Wildman–Crippen LogP) is 5.74. The molecule has 1 N–H and O–H groups in total. The average Bonchev–Trinajstić information content (AvgIpc) is 3.00. The zero-order chi connectivity index (χ0) is 31.9. The van der Waals surface area contributed by atoms with E-state index < -0.39 is 24.9 Å². The smallest absolute Gasteiger partial charge is 0.457 e. The quantitative estimate of drug-likeness (QED) is 0.363. The van der Waals surface area contributed by atoms with E-state index in [9.17, 15) is 22.8 Å². The molecule has 4 rings (SSSR count). The number of hydrogen-bond acceptors (Lipinski definition) is 6. The molecule has 3 amide bonds. The summed E-state index contributed by atoms with van der Waals surface area (Å²) in [5, 5.41) is 2.49. The molecule has 0 aliphatic carbocycles. The van der Waals surface area contributed by atoms with Gasteiger partial charge in [-0.15, -0.1) is 0 Å². The molecule has 0 atom stereocenters. The number of nitrogens with one attached hydrogen (secondary N) is 1. The number of pyridine rings is 1. The van der Waals surface area contributed by atoms with Crippen molar-refractivity contribution in [3.63, 3.8) is 0 Å². The third-order valence-corrected chi connectivity index (χ3v) is 6.46. The third-order valence-electron chi connectivity index (χ3n) is 6.46. The molecule has 0 bridgehead atoms. The Morgan fingerprint density at radius 2 is 1.51 bits per heavy atom. The average molecular weight is 600 g/mol. The summed E-state index contributed by atoms with van der Waals surface area (Å²) >= 11 is 0. The number of carbonyl (C=O) groups is 2. The standard InChI is InChI=1S/C28H30BF3N4O5.C2H6/c1-27(2)16-39-29(40-17-27)23-11-8-19(14-22(23)28(30,31)32)36(5)26(38)35(4)18-6-9-20(10-7-18)41-21-12-13-34-24(15-21)25(37)33-3;1-2/h6-15H,16-17H2,1-5H3,(H,33,37);1-2H3. The number of alkyl halides is 3. The van der Waals surface area contributed by atoms with E-state index in [1.807, 2.05) is 27.7 Å². The minimum atomic E-state index is -4.69. The Labute approximate surface area is 250 Å². The highest BCUT2D eigenvalue weighted by molar-refractivity contribution is 6.62. The van der Waals surface area contributed by atoms with Crippen molar-refractivity contribution in [3.8, 4) is 11.5 Å². The van der Waals surface area contributed by atoms with Crippen LogP contribution in [0.4, 0.5) is 29.3 Å². The molecule has 2 heterocycles. The van der Waals surface area contributed by atoms with Gasteiger partial charge in [0.15, 0.2) is 0 Å². The number of urea groups is 1. The number of rotatable bonds is 6. The Kier molecular flexibility index (Phi) is 10.8. The molecule has 43 heavy (non-hydrogen) atoms. The van der Waals surface area contributed by atoms with Crippen LogP contribution in [0.3, 0.4) is 0 Å². The van der Waals surface area contributed by atoms with Gasteiger partial charge < -0.3 is 19.4 Å². The molecule has 1 aliphatic rings. The normalized spacial score (nSPS) is 14.2. The van der Waals surface area contributed by atoms with Gasteiger partial charge >= 0.3 is 19.3 Å².